The molecule has 0 fully saturated rings. The van der Waals surface area contributed by atoms with Crippen molar-refractivity contribution in [3.63, 3.8) is 0 Å². The van der Waals surface area contributed by atoms with Gasteiger partial charge >= 0.3 is 22.3 Å². The Morgan fingerprint density at radius 1 is 1.23 bits per heavy atom. The van der Waals surface area contributed by atoms with Crippen molar-refractivity contribution in [2.24, 2.45) is 0 Å². The Morgan fingerprint density at radius 2 is 1.87 bits per heavy atom. The molecule has 0 aliphatic carbocycles. The van der Waals surface area contributed by atoms with Gasteiger partial charge in [0.2, 0.25) is 5.75 Å². The summed E-state index contributed by atoms with van der Waals surface area (Å²) >= 11 is -3.89. The molecular formula is C17H10F4N2O6S. The Balaban J connectivity index is 2.28. The van der Waals surface area contributed by atoms with Crippen LogP contribution in [0.4, 0.5) is 23.2 Å². The van der Waals surface area contributed by atoms with E-state index in [0.29, 0.717) is 0 Å². The lowest BCUT2D eigenvalue weighted by Crippen LogP contribution is -2.21. The molecule has 0 aliphatic rings. The van der Waals surface area contributed by atoms with E-state index in [-0.39, 0.29) is 27.9 Å². The van der Waals surface area contributed by atoms with Gasteiger partial charge in [-0.05, 0) is 24.3 Å². The number of carbonyl (C=O) groups excluding carboxylic acids is 1. The first-order valence-electron chi connectivity index (χ1n) is 7.92. The Kier molecular flexibility index (Phi) is 5.48. The van der Waals surface area contributed by atoms with E-state index in [1.165, 1.54) is 19.2 Å². The van der Waals surface area contributed by atoms with Gasteiger partial charge in [-0.1, -0.05) is 0 Å². The monoisotopic (exact) mass is 446 g/mol. The summed E-state index contributed by atoms with van der Waals surface area (Å²) in [6.07, 6.45) is 0. The molecule has 3 rings (SSSR count). The third-order valence-electron chi connectivity index (χ3n) is 3.88. The number of carbonyl (C=O) groups is 1. The number of benzene rings is 2. The molecule has 0 bridgehead atoms. The minimum absolute atomic E-state index is 0.104. The van der Waals surface area contributed by atoms with Crippen LogP contribution < -0.4 is 9.50 Å². The van der Waals surface area contributed by atoms with E-state index in [2.05, 4.69) is 9.50 Å². The quantitative estimate of drug-likeness (QED) is 0.359. The fourth-order valence-electron chi connectivity index (χ4n) is 2.61. The van der Waals surface area contributed by atoms with Crippen LogP contribution in [-0.4, -0.2) is 27.6 Å². The Bertz CT molecular complexity index is 1170. The number of nitro benzene ring substituents is 1. The zero-order valence-electron chi connectivity index (χ0n) is 14.8. The van der Waals surface area contributed by atoms with Crippen molar-refractivity contribution in [1.82, 2.24) is 5.32 Å². The Hall–Kier alpha value is -3.48. The number of nitro groups is 1. The summed E-state index contributed by atoms with van der Waals surface area (Å²) in [6.45, 7) is 0. The lowest BCUT2D eigenvalue weighted by Gasteiger charge is -2.08. The topological polar surface area (TPSA) is 112 Å². The van der Waals surface area contributed by atoms with Gasteiger partial charge in [0.05, 0.1) is 16.6 Å². The number of rotatable bonds is 5. The van der Waals surface area contributed by atoms with E-state index in [9.17, 15) is 36.7 Å². The van der Waals surface area contributed by atoms with E-state index in [1.807, 2.05) is 0 Å². The minimum atomic E-state index is -5.29. The number of nitrogens with zero attached hydrogens (tertiary/aromatic N) is 1. The van der Waals surface area contributed by atoms with Crippen molar-refractivity contribution < 1.29 is 40.1 Å². The van der Waals surface area contributed by atoms with Crippen LogP contribution in [0.1, 0.15) is 10.4 Å². The maximum absolute atomic E-state index is 13.2. The fourth-order valence-corrected chi connectivity index (χ4v) is 3.00. The van der Waals surface area contributed by atoms with E-state index < -0.39 is 44.7 Å². The van der Waals surface area contributed by atoms with E-state index in [0.717, 1.165) is 24.3 Å². The molecule has 0 radical (unpaired) electrons. The second-order valence-corrected chi connectivity index (χ2v) is 6.83. The SMILES string of the molecule is CNC(=O)c1c(-c2ccc(F)cc2)oc2cc([N+](=O)[O-])c(OS(=O)C(F)(F)F)cc12. The van der Waals surface area contributed by atoms with Crippen LogP contribution in [0.3, 0.4) is 0 Å². The van der Waals surface area contributed by atoms with Crippen molar-refractivity contribution in [2.45, 2.75) is 5.51 Å². The molecule has 1 heterocycles. The van der Waals surface area contributed by atoms with Gasteiger partial charge in [-0.3, -0.25) is 14.9 Å². The molecule has 13 heteroatoms. The molecule has 1 amide bonds. The summed E-state index contributed by atoms with van der Waals surface area (Å²) in [5.74, 6) is -2.38. The van der Waals surface area contributed by atoms with Crippen molar-refractivity contribution in [1.29, 1.82) is 0 Å². The highest BCUT2D eigenvalue weighted by Gasteiger charge is 2.41. The largest absolute Gasteiger partial charge is 0.508 e. The molecule has 1 N–H and O–H groups in total. The third kappa shape index (κ3) is 3.96. The van der Waals surface area contributed by atoms with E-state index >= 15 is 0 Å². The molecule has 1 aromatic heterocycles. The van der Waals surface area contributed by atoms with E-state index in [4.69, 9.17) is 4.42 Å². The molecule has 0 saturated carbocycles. The molecule has 0 aliphatic heterocycles. The predicted molar refractivity (Wildman–Crippen MR) is 96.5 cm³/mol. The number of hydrogen-bond donors (Lipinski definition) is 1. The van der Waals surface area contributed by atoms with Gasteiger partial charge in [0.1, 0.15) is 17.2 Å². The zero-order valence-corrected chi connectivity index (χ0v) is 15.6. The smallest absolute Gasteiger partial charge is 0.455 e. The molecular weight excluding hydrogens is 436 g/mol. The summed E-state index contributed by atoms with van der Waals surface area (Å²) in [6, 6.07) is 6.24. The minimum Gasteiger partial charge on any atom is -0.455 e. The summed E-state index contributed by atoms with van der Waals surface area (Å²) in [5, 5.41) is 13.5. The second-order valence-electron chi connectivity index (χ2n) is 5.73. The standard InChI is InChI=1S/C17H10F4N2O6S/c1-22-16(24)14-10-6-13(29-30(27)17(19,20)21)11(23(25)26)7-12(10)28-15(14)8-2-4-9(18)5-3-8/h2-7H,1H3,(H,22,24). The normalized spacial score (nSPS) is 12.6. The van der Waals surface area contributed by atoms with Crippen molar-refractivity contribution in [3.8, 4) is 17.1 Å². The van der Waals surface area contributed by atoms with Crippen LogP contribution in [0.15, 0.2) is 40.8 Å². The summed E-state index contributed by atoms with van der Waals surface area (Å²) in [5.41, 5.74) is -6.41. The van der Waals surface area contributed by atoms with Gasteiger partial charge in [-0.15, -0.1) is 0 Å². The first kappa shape index (κ1) is 21.2. The third-order valence-corrected chi connectivity index (χ3v) is 4.59. The van der Waals surface area contributed by atoms with Gasteiger partial charge in [0.15, 0.2) is 0 Å². The highest BCUT2D eigenvalue weighted by Crippen LogP contribution is 2.40. The number of amides is 1. The molecule has 0 spiro atoms. The molecule has 0 saturated heterocycles. The molecule has 158 valence electrons. The number of hydrogen-bond acceptors (Lipinski definition) is 6. The van der Waals surface area contributed by atoms with Crippen LogP contribution in [-0.2, 0) is 11.1 Å². The summed E-state index contributed by atoms with van der Waals surface area (Å²) in [7, 11) is 1.27. The highest BCUT2D eigenvalue weighted by molar-refractivity contribution is 7.81. The number of alkyl halides is 3. The fraction of sp³-hybridized carbons (Fsp3) is 0.118. The average molecular weight is 446 g/mol. The summed E-state index contributed by atoms with van der Waals surface area (Å²) in [4.78, 5) is 22.6. The maximum Gasteiger partial charge on any atom is 0.508 e. The first-order valence-corrected chi connectivity index (χ1v) is 9.00. The van der Waals surface area contributed by atoms with Gasteiger partial charge in [0, 0.05) is 24.1 Å². The van der Waals surface area contributed by atoms with Gasteiger partial charge in [-0.25, -0.2) is 8.60 Å². The average Bonchev–Trinajstić information content (AvgIpc) is 3.04. The molecule has 1 unspecified atom stereocenters. The van der Waals surface area contributed by atoms with Crippen LogP contribution in [0.2, 0.25) is 0 Å². The molecule has 3 aromatic rings. The number of fused-ring (bicyclic) bond motifs is 1. The molecule has 30 heavy (non-hydrogen) atoms. The van der Waals surface area contributed by atoms with Crippen LogP contribution in [0.5, 0.6) is 5.75 Å². The first-order chi connectivity index (χ1) is 14.0. The zero-order chi connectivity index (χ0) is 22.2. The Labute approximate surface area is 167 Å². The Morgan fingerprint density at radius 3 is 2.40 bits per heavy atom. The second kappa shape index (κ2) is 7.74. The molecule has 1 atom stereocenters. The van der Waals surface area contributed by atoms with Crippen molar-refractivity contribution >= 4 is 33.6 Å². The van der Waals surface area contributed by atoms with Gasteiger partial charge in [0.25, 0.3) is 5.91 Å². The number of halogens is 4. The lowest BCUT2D eigenvalue weighted by molar-refractivity contribution is -0.385. The van der Waals surface area contributed by atoms with E-state index in [1.54, 1.807) is 0 Å². The number of furan rings is 1. The van der Waals surface area contributed by atoms with Gasteiger partial charge in [-0.2, -0.15) is 13.2 Å². The lowest BCUT2D eigenvalue weighted by atomic mass is 10.0. The van der Waals surface area contributed by atoms with Gasteiger partial charge < -0.3 is 13.9 Å². The van der Waals surface area contributed by atoms with Crippen LogP contribution in [0, 0.1) is 15.9 Å². The van der Waals surface area contributed by atoms with Crippen molar-refractivity contribution in [2.75, 3.05) is 7.05 Å². The predicted octanol–water partition coefficient (Wildman–Crippen LogP) is 4.07. The molecule has 2 aromatic carbocycles. The van der Waals surface area contributed by atoms with Crippen LogP contribution in [0.25, 0.3) is 22.3 Å². The maximum atomic E-state index is 13.2. The van der Waals surface area contributed by atoms with Crippen LogP contribution >= 0.6 is 0 Å². The summed E-state index contributed by atoms with van der Waals surface area (Å²) < 4.78 is 72.1. The van der Waals surface area contributed by atoms with Crippen molar-refractivity contribution in [3.05, 3.63) is 57.9 Å². The highest BCUT2D eigenvalue weighted by atomic mass is 32.2. The molecule has 8 nitrogen and oxygen atoms in total. The number of nitrogens with one attached hydrogen (secondary N) is 1.